The summed E-state index contributed by atoms with van der Waals surface area (Å²) < 4.78 is 1.94. The molecular weight excluding hydrogens is 392 g/mol. The Labute approximate surface area is 180 Å². The number of nitrogens with zero attached hydrogens (tertiary/aromatic N) is 4. The average molecular weight is 419 g/mol. The molecule has 5 rings (SSSR count). The minimum absolute atomic E-state index is 0.146. The van der Waals surface area contributed by atoms with Crippen molar-refractivity contribution in [1.29, 1.82) is 0 Å². The van der Waals surface area contributed by atoms with Gasteiger partial charge in [0.2, 0.25) is 0 Å². The lowest BCUT2D eigenvalue weighted by molar-refractivity contribution is -0.146. The van der Waals surface area contributed by atoms with Crippen LogP contribution >= 0.6 is 0 Å². The van der Waals surface area contributed by atoms with Crippen molar-refractivity contribution in [3.05, 3.63) is 54.2 Å². The molecule has 1 aliphatic carbocycles. The van der Waals surface area contributed by atoms with E-state index in [1.165, 1.54) is 6.20 Å². The number of amides is 2. The second-order valence-electron chi connectivity index (χ2n) is 8.77. The highest BCUT2D eigenvalue weighted by atomic mass is 16.2. The lowest BCUT2D eigenvalue weighted by atomic mass is 9.90. The molecule has 3 aromatic rings. The highest BCUT2D eigenvalue weighted by molar-refractivity contribution is 6.39. The number of hydrogen-bond acceptors (Lipinski definition) is 5. The van der Waals surface area contributed by atoms with Crippen molar-refractivity contribution in [1.82, 2.24) is 19.3 Å². The first kappa shape index (κ1) is 19.5. The number of nitrogens with one attached hydrogen (secondary N) is 1. The third kappa shape index (κ3) is 3.85. The minimum atomic E-state index is -0.642. The lowest BCUT2D eigenvalue weighted by Crippen LogP contribution is -2.46. The average Bonchev–Trinajstić information content (AvgIpc) is 3.50. The molecule has 1 saturated carbocycles. The molecule has 3 N–H and O–H groups in total. The number of aromatic nitrogens is 3. The van der Waals surface area contributed by atoms with Gasteiger partial charge in [0.25, 0.3) is 0 Å². The van der Waals surface area contributed by atoms with Gasteiger partial charge in [-0.2, -0.15) is 0 Å². The van der Waals surface area contributed by atoms with Crippen molar-refractivity contribution < 1.29 is 9.59 Å². The third-order valence-electron chi connectivity index (χ3n) is 6.31. The number of anilines is 2. The topological polar surface area (TPSA) is 106 Å². The summed E-state index contributed by atoms with van der Waals surface area (Å²) in [6.45, 7) is 2.66. The summed E-state index contributed by atoms with van der Waals surface area (Å²) in [6, 6.07) is 5.70. The van der Waals surface area contributed by atoms with Crippen LogP contribution in [-0.4, -0.2) is 37.6 Å². The van der Waals surface area contributed by atoms with Gasteiger partial charge < -0.3 is 20.4 Å². The molecule has 2 amide bonds. The van der Waals surface area contributed by atoms with Gasteiger partial charge in [0.1, 0.15) is 5.82 Å². The Kier molecular flexibility index (Phi) is 4.84. The lowest BCUT2D eigenvalue weighted by Gasteiger charge is -2.38. The molecule has 2 unspecified atom stereocenters. The van der Waals surface area contributed by atoms with Gasteiger partial charge in [-0.25, -0.2) is 9.97 Å². The van der Waals surface area contributed by atoms with Gasteiger partial charge in [0.05, 0.1) is 36.0 Å². The maximum Gasteiger partial charge on any atom is 0.313 e. The Morgan fingerprint density at radius 2 is 2.00 bits per heavy atom. The number of likely N-dealkylation sites (tertiary alicyclic amines) is 1. The molecular formula is C23H26N6O2. The standard InChI is InChI=1S/C23H26N6O2/c1-14-2-7-20(16-5-6-18-10-25-13-28(18)12-16)29(11-14)23(31)22(30)27-17-8-19(15-3-4-15)21(24)26-9-17/h5-6,8-10,12-15,20H,2-4,7,11H2,1H3,(H2,24,26)(H,27,30). The highest BCUT2D eigenvalue weighted by Gasteiger charge is 2.34. The second-order valence-corrected chi connectivity index (χ2v) is 8.77. The van der Waals surface area contributed by atoms with Gasteiger partial charge in [-0.15, -0.1) is 0 Å². The number of nitrogen functional groups attached to an aromatic ring is 1. The summed E-state index contributed by atoms with van der Waals surface area (Å²) in [5.41, 5.74) is 9.41. The zero-order valence-corrected chi connectivity index (χ0v) is 17.5. The van der Waals surface area contributed by atoms with Crippen LogP contribution in [0.1, 0.15) is 55.7 Å². The Hall–Kier alpha value is -3.42. The van der Waals surface area contributed by atoms with Crippen LogP contribution in [0.2, 0.25) is 0 Å². The molecule has 4 heterocycles. The first-order chi connectivity index (χ1) is 15.0. The Bertz CT molecular complexity index is 1150. The van der Waals surface area contributed by atoms with E-state index in [2.05, 4.69) is 22.2 Å². The minimum Gasteiger partial charge on any atom is -0.383 e. The fraction of sp³-hybridized carbons (Fsp3) is 0.391. The number of piperidine rings is 1. The van der Waals surface area contributed by atoms with Crippen molar-refractivity contribution in [2.75, 3.05) is 17.6 Å². The summed E-state index contributed by atoms with van der Waals surface area (Å²) in [5, 5.41) is 2.74. The predicted octanol–water partition coefficient (Wildman–Crippen LogP) is 3.13. The largest absolute Gasteiger partial charge is 0.383 e. The quantitative estimate of drug-likeness (QED) is 0.636. The molecule has 31 heavy (non-hydrogen) atoms. The number of hydrogen-bond donors (Lipinski definition) is 2. The first-order valence-electron chi connectivity index (χ1n) is 10.8. The zero-order valence-electron chi connectivity index (χ0n) is 17.5. The molecule has 1 aliphatic heterocycles. The SMILES string of the molecule is CC1CCC(c2ccc3cncn3c2)N(C(=O)C(=O)Nc2cnc(N)c(C3CC3)c2)C1. The van der Waals surface area contributed by atoms with Gasteiger partial charge in [0, 0.05) is 12.7 Å². The predicted molar refractivity (Wildman–Crippen MR) is 117 cm³/mol. The van der Waals surface area contributed by atoms with Crippen LogP contribution < -0.4 is 11.1 Å². The van der Waals surface area contributed by atoms with Crippen molar-refractivity contribution in [2.45, 2.75) is 44.6 Å². The van der Waals surface area contributed by atoms with E-state index in [9.17, 15) is 9.59 Å². The number of nitrogens with two attached hydrogens (primary N) is 1. The summed E-state index contributed by atoms with van der Waals surface area (Å²) in [6.07, 6.45) is 11.0. The maximum absolute atomic E-state index is 13.2. The Morgan fingerprint density at radius 1 is 1.16 bits per heavy atom. The molecule has 2 fully saturated rings. The van der Waals surface area contributed by atoms with Crippen LogP contribution in [0.15, 0.2) is 43.1 Å². The van der Waals surface area contributed by atoms with Crippen molar-refractivity contribution in [3.63, 3.8) is 0 Å². The third-order valence-corrected chi connectivity index (χ3v) is 6.31. The fourth-order valence-corrected chi connectivity index (χ4v) is 4.45. The van der Waals surface area contributed by atoms with Gasteiger partial charge in [-0.1, -0.05) is 13.0 Å². The van der Waals surface area contributed by atoms with E-state index in [-0.39, 0.29) is 6.04 Å². The molecule has 0 aromatic carbocycles. The van der Waals surface area contributed by atoms with Gasteiger partial charge in [-0.05, 0) is 60.8 Å². The molecule has 8 nitrogen and oxygen atoms in total. The molecule has 0 spiro atoms. The van der Waals surface area contributed by atoms with Crippen LogP contribution in [0.5, 0.6) is 0 Å². The van der Waals surface area contributed by atoms with Crippen LogP contribution in [-0.2, 0) is 9.59 Å². The van der Waals surface area contributed by atoms with Gasteiger partial charge in [0.15, 0.2) is 0 Å². The number of carbonyl (C=O) groups is 2. The van der Waals surface area contributed by atoms with E-state index < -0.39 is 11.8 Å². The summed E-state index contributed by atoms with van der Waals surface area (Å²) in [4.78, 5) is 36.1. The van der Waals surface area contributed by atoms with E-state index in [0.717, 1.165) is 42.3 Å². The molecule has 160 valence electrons. The van der Waals surface area contributed by atoms with Crippen LogP contribution in [0.3, 0.4) is 0 Å². The number of pyridine rings is 2. The first-order valence-corrected chi connectivity index (χ1v) is 10.8. The normalized spacial score (nSPS) is 21.3. The number of carbonyl (C=O) groups excluding carboxylic acids is 2. The molecule has 3 aromatic heterocycles. The van der Waals surface area contributed by atoms with Crippen molar-refractivity contribution in [2.24, 2.45) is 5.92 Å². The molecule has 1 saturated heterocycles. The maximum atomic E-state index is 13.2. The molecule has 0 bridgehead atoms. The summed E-state index contributed by atoms with van der Waals surface area (Å²) in [5.74, 6) is 0.0740. The second kappa shape index (κ2) is 7.68. The number of imidazole rings is 1. The van der Waals surface area contributed by atoms with Gasteiger partial charge in [-0.3, -0.25) is 9.59 Å². The van der Waals surface area contributed by atoms with E-state index >= 15 is 0 Å². The Balaban J connectivity index is 1.37. The molecule has 2 atom stereocenters. The number of rotatable bonds is 3. The van der Waals surface area contributed by atoms with Crippen LogP contribution in [0, 0.1) is 5.92 Å². The summed E-state index contributed by atoms with van der Waals surface area (Å²) >= 11 is 0. The van der Waals surface area contributed by atoms with E-state index in [1.54, 1.807) is 17.4 Å². The van der Waals surface area contributed by atoms with E-state index in [1.807, 2.05) is 28.8 Å². The van der Waals surface area contributed by atoms with Crippen molar-refractivity contribution >= 4 is 28.8 Å². The summed E-state index contributed by atoms with van der Waals surface area (Å²) in [7, 11) is 0. The van der Waals surface area contributed by atoms with Crippen LogP contribution in [0.4, 0.5) is 11.5 Å². The highest BCUT2D eigenvalue weighted by Crippen LogP contribution is 2.42. The molecule has 8 heteroatoms. The zero-order chi connectivity index (χ0) is 21.5. The monoisotopic (exact) mass is 418 g/mol. The van der Waals surface area contributed by atoms with E-state index in [0.29, 0.717) is 29.9 Å². The molecule has 2 aliphatic rings. The van der Waals surface area contributed by atoms with Crippen LogP contribution in [0.25, 0.3) is 5.52 Å². The van der Waals surface area contributed by atoms with Crippen molar-refractivity contribution in [3.8, 4) is 0 Å². The Morgan fingerprint density at radius 3 is 2.81 bits per heavy atom. The number of fused-ring (bicyclic) bond motifs is 1. The smallest absolute Gasteiger partial charge is 0.313 e. The van der Waals surface area contributed by atoms with Gasteiger partial charge >= 0.3 is 11.8 Å². The molecule has 0 radical (unpaired) electrons. The van der Waals surface area contributed by atoms with E-state index in [4.69, 9.17) is 5.73 Å². The fourth-order valence-electron chi connectivity index (χ4n) is 4.45.